The summed E-state index contributed by atoms with van der Waals surface area (Å²) < 4.78 is 12.9. The molecule has 0 unspecified atom stereocenters. The quantitative estimate of drug-likeness (QED) is 0.266. The number of hydrogen-bond acceptors (Lipinski definition) is 8. The van der Waals surface area contributed by atoms with Gasteiger partial charge in [-0.15, -0.1) is 0 Å². The van der Waals surface area contributed by atoms with Gasteiger partial charge in [0.2, 0.25) is 5.88 Å². The molecule has 1 fully saturated rings. The summed E-state index contributed by atoms with van der Waals surface area (Å²) in [6.07, 6.45) is 1.31. The molecule has 44 heavy (non-hydrogen) atoms. The molecular formula is C31H31Cl2N5O6. The molecule has 4 aromatic rings. The smallest absolute Gasteiger partial charge is 0.330 e. The topological polar surface area (TPSA) is 137 Å². The van der Waals surface area contributed by atoms with Crippen LogP contribution in [0.2, 0.25) is 10.0 Å². The van der Waals surface area contributed by atoms with Crippen LogP contribution >= 0.6 is 23.2 Å². The number of amides is 1. The summed E-state index contributed by atoms with van der Waals surface area (Å²) in [6.45, 7) is 1.34. The number of hydrogen-bond donors (Lipinski definition) is 3. The summed E-state index contributed by atoms with van der Waals surface area (Å²) in [5, 5.41) is 16.8. The number of aromatic nitrogens is 3. The molecule has 0 saturated carbocycles. The normalized spacial score (nSPS) is 16.5. The van der Waals surface area contributed by atoms with Crippen molar-refractivity contribution in [3.05, 3.63) is 96.7 Å². The second-order valence-corrected chi connectivity index (χ2v) is 11.1. The third-order valence-corrected chi connectivity index (χ3v) is 8.33. The average molecular weight is 641 g/mol. The lowest BCUT2D eigenvalue weighted by Gasteiger charge is -2.28. The van der Waals surface area contributed by atoms with E-state index >= 15 is 0 Å². The molecule has 2 aromatic heterocycles. The van der Waals surface area contributed by atoms with Crippen LogP contribution in [0.25, 0.3) is 22.4 Å². The Morgan fingerprint density at radius 2 is 1.77 bits per heavy atom. The Balaban J connectivity index is 1.42. The van der Waals surface area contributed by atoms with Crippen molar-refractivity contribution < 1.29 is 19.4 Å². The SMILES string of the molecule is COc1nc(-c2cccc(-c3cccc(NC(=O)c4cn(C)c(=O)n(C)c4=O)c3Cl)c2Cl)ccc1CN[C@@H]1CCOC[C@@H]1O. The number of methoxy groups -OCH3 is 1. The number of rotatable bonds is 8. The Kier molecular flexibility index (Phi) is 9.52. The summed E-state index contributed by atoms with van der Waals surface area (Å²) in [6, 6.07) is 14.2. The van der Waals surface area contributed by atoms with Crippen LogP contribution in [-0.2, 0) is 25.4 Å². The van der Waals surface area contributed by atoms with Crippen molar-refractivity contribution in [1.82, 2.24) is 19.4 Å². The number of aliphatic hydroxyl groups is 1. The van der Waals surface area contributed by atoms with E-state index < -0.39 is 23.3 Å². The van der Waals surface area contributed by atoms with E-state index in [0.29, 0.717) is 59.5 Å². The third-order valence-electron chi connectivity index (χ3n) is 7.52. The lowest BCUT2D eigenvalue weighted by Crippen LogP contribution is -2.46. The molecule has 1 saturated heterocycles. The van der Waals surface area contributed by atoms with E-state index in [2.05, 4.69) is 10.6 Å². The molecule has 0 spiro atoms. The number of carbonyl (C=O) groups is 1. The Morgan fingerprint density at radius 1 is 1.07 bits per heavy atom. The van der Waals surface area contributed by atoms with Crippen LogP contribution in [0.15, 0.2) is 64.3 Å². The zero-order chi connectivity index (χ0) is 31.5. The average Bonchev–Trinajstić information content (AvgIpc) is 3.02. The van der Waals surface area contributed by atoms with E-state index in [1.807, 2.05) is 24.3 Å². The van der Waals surface area contributed by atoms with Gasteiger partial charge in [0, 0.05) is 61.7 Å². The molecule has 3 N–H and O–H groups in total. The molecule has 3 heterocycles. The highest BCUT2D eigenvalue weighted by Crippen LogP contribution is 2.41. The fraction of sp³-hybridized carbons (Fsp3) is 0.290. The van der Waals surface area contributed by atoms with Crippen molar-refractivity contribution in [3.63, 3.8) is 0 Å². The summed E-state index contributed by atoms with van der Waals surface area (Å²) in [7, 11) is 4.30. The first-order valence-corrected chi connectivity index (χ1v) is 14.5. The number of pyridine rings is 1. The van der Waals surface area contributed by atoms with Gasteiger partial charge in [0.25, 0.3) is 11.5 Å². The molecule has 230 valence electrons. The summed E-state index contributed by atoms with van der Waals surface area (Å²) >= 11 is 13.7. The van der Waals surface area contributed by atoms with E-state index in [4.69, 9.17) is 37.7 Å². The molecule has 0 bridgehead atoms. The Morgan fingerprint density at radius 3 is 2.50 bits per heavy atom. The first-order valence-electron chi connectivity index (χ1n) is 13.8. The van der Waals surface area contributed by atoms with Gasteiger partial charge in [-0.2, -0.15) is 0 Å². The lowest BCUT2D eigenvalue weighted by molar-refractivity contribution is -0.0281. The Bertz CT molecular complexity index is 1840. The zero-order valence-corrected chi connectivity index (χ0v) is 25.8. The molecule has 1 aliphatic rings. The van der Waals surface area contributed by atoms with Gasteiger partial charge in [0.15, 0.2) is 0 Å². The van der Waals surface area contributed by atoms with E-state index in [1.54, 1.807) is 31.4 Å². The number of ether oxygens (including phenoxy) is 2. The maximum Gasteiger partial charge on any atom is 0.330 e. The predicted octanol–water partition coefficient (Wildman–Crippen LogP) is 3.62. The third kappa shape index (κ3) is 6.28. The van der Waals surface area contributed by atoms with Crippen molar-refractivity contribution in [2.45, 2.75) is 25.1 Å². The molecular weight excluding hydrogens is 609 g/mol. The number of benzene rings is 2. The fourth-order valence-corrected chi connectivity index (χ4v) is 5.66. The van der Waals surface area contributed by atoms with Crippen LogP contribution in [0.1, 0.15) is 22.3 Å². The van der Waals surface area contributed by atoms with Crippen LogP contribution in [0.5, 0.6) is 5.88 Å². The molecule has 2 atom stereocenters. The van der Waals surface area contributed by atoms with Crippen molar-refractivity contribution >= 4 is 34.8 Å². The number of aryl methyl sites for hydroxylation is 1. The van der Waals surface area contributed by atoms with E-state index in [-0.39, 0.29) is 22.3 Å². The van der Waals surface area contributed by atoms with Crippen molar-refractivity contribution in [3.8, 4) is 28.3 Å². The number of aliphatic hydroxyl groups excluding tert-OH is 1. The van der Waals surface area contributed by atoms with Gasteiger partial charge < -0.3 is 29.8 Å². The highest BCUT2D eigenvalue weighted by molar-refractivity contribution is 6.39. The van der Waals surface area contributed by atoms with Crippen LogP contribution in [0.4, 0.5) is 5.69 Å². The van der Waals surface area contributed by atoms with E-state index in [0.717, 1.165) is 14.7 Å². The summed E-state index contributed by atoms with van der Waals surface area (Å²) in [4.78, 5) is 42.3. The van der Waals surface area contributed by atoms with Crippen LogP contribution in [0.3, 0.4) is 0 Å². The van der Waals surface area contributed by atoms with Crippen molar-refractivity contribution in [2.75, 3.05) is 25.6 Å². The van der Waals surface area contributed by atoms with Gasteiger partial charge in [-0.25, -0.2) is 9.78 Å². The van der Waals surface area contributed by atoms with Crippen LogP contribution in [-0.4, -0.2) is 57.6 Å². The van der Waals surface area contributed by atoms with Gasteiger partial charge >= 0.3 is 5.69 Å². The number of nitrogens with zero attached hydrogens (tertiary/aromatic N) is 3. The van der Waals surface area contributed by atoms with Crippen LogP contribution in [0, 0.1) is 0 Å². The van der Waals surface area contributed by atoms with Gasteiger partial charge in [-0.05, 0) is 18.6 Å². The first-order chi connectivity index (χ1) is 21.1. The van der Waals surface area contributed by atoms with Gasteiger partial charge in [0.1, 0.15) is 5.56 Å². The predicted molar refractivity (Wildman–Crippen MR) is 169 cm³/mol. The largest absolute Gasteiger partial charge is 0.481 e. The molecule has 13 heteroatoms. The summed E-state index contributed by atoms with van der Waals surface area (Å²) in [5.41, 5.74) is 1.97. The second kappa shape index (κ2) is 13.3. The minimum absolute atomic E-state index is 0.0867. The van der Waals surface area contributed by atoms with E-state index in [1.165, 1.54) is 20.3 Å². The standard InChI is InChI=1S/C31H31Cl2N5O6/c1-37-15-21(30(41)38(2)31(37)42)28(40)35-24-9-5-7-19(27(24)33)18-6-4-8-20(26(18)32)22-11-10-17(29(36-22)43-3)14-34-23-12-13-44-16-25(23)39/h4-11,15,23,25,34,39H,12-14,16H2,1-3H3,(H,35,40)/t23-,25+/m1/s1. The maximum absolute atomic E-state index is 13.0. The monoisotopic (exact) mass is 639 g/mol. The highest BCUT2D eigenvalue weighted by atomic mass is 35.5. The molecule has 0 aliphatic carbocycles. The number of anilines is 1. The molecule has 5 rings (SSSR count). The van der Waals surface area contributed by atoms with Crippen molar-refractivity contribution in [1.29, 1.82) is 0 Å². The molecule has 11 nitrogen and oxygen atoms in total. The van der Waals surface area contributed by atoms with Gasteiger partial charge in [0.05, 0.1) is 41.2 Å². The molecule has 1 aliphatic heterocycles. The fourth-order valence-electron chi connectivity index (χ4n) is 5.06. The van der Waals surface area contributed by atoms with Crippen molar-refractivity contribution in [2.24, 2.45) is 14.1 Å². The molecule has 0 radical (unpaired) electrons. The number of halogens is 2. The Labute approximate surface area is 263 Å². The molecule has 1 amide bonds. The maximum atomic E-state index is 13.0. The van der Waals surface area contributed by atoms with E-state index in [9.17, 15) is 19.5 Å². The summed E-state index contributed by atoms with van der Waals surface area (Å²) in [5.74, 6) is -0.289. The molecule has 2 aromatic carbocycles. The second-order valence-electron chi connectivity index (χ2n) is 10.4. The van der Waals surface area contributed by atoms with Gasteiger partial charge in [-0.1, -0.05) is 59.6 Å². The minimum Gasteiger partial charge on any atom is -0.481 e. The highest BCUT2D eigenvalue weighted by Gasteiger charge is 2.24. The lowest BCUT2D eigenvalue weighted by atomic mass is 10.00. The van der Waals surface area contributed by atoms with Crippen LogP contribution < -0.4 is 26.6 Å². The Hall–Kier alpha value is -4.00. The number of nitrogens with one attached hydrogen (secondary N) is 2. The number of carbonyl (C=O) groups excluding carboxylic acids is 1. The van der Waals surface area contributed by atoms with Gasteiger partial charge in [-0.3, -0.25) is 14.2 Å². The minimum atomic E-state index is -0.723. The zero-order valence-electron chi connectivity index (χ0n) is 24.3. The first kappa shape index (κ1) is 31.4.